The Kier molecular flexibility index (Phi) is 6.27. The first-order chi connectivity index (χ1) is 14.9. The maximum Gasteiger partial charge on any atom is 0.348 e. The Hall–Kier alpha value is -3.39. The number of hydrogen-bond acceptors (Lipinski definition) is 6. The van der Waals surface area contributed by atoms with E-state index >= 15 is 0 Å². The number of amides is 2. The summed E-state index contributed by atoms with van der Waals surface area (Å²) in [5, 5.41) is 10.3. The van der Waals surface area contributed by atoms with Crippen LogP contribution in [0.15, 0.2) is 30.3 Å². The van der Waals surface area contributed by atoms with Crippen LogP contribution in [0.25, 0.3) is 0 Å². The van der Waals surface area contributed by atoms with Gasteiger partial charge in [0.25, 0.3) is 11.8 Å². The number of carbonyl (C=O) groups excluding carboxylic acids is 2. The second-order valence-electron chi connectivity index (χ2n) is 9.01. The van der Waals surface area contributed by atoms with Gasteiger partial charge in [-0.15, -0.1) is 0 Å². The molecular weight excluding hydrogens is 412 g/mol. The molecule has 2 aromatic carbocycles. The van der Waals surface area contributed by atoms with Gasteiger partial charge >= 0.3 is 5.97 Å². The predicted molar refractivity (Wildman–Crippen MR) is 118 cm³/mol. The number of imide groups is 1. The molecule has 32 heavy (non-hydrogen) atoms. The van der Waals surface area contributed by atoms with Gasteiger partial charge in [0.15, 0.2) is 11.5 Å². The van der Waals surface area contributed by atoms with Crippen molar-refractivity contribution in [3.63, 3.8) is 0 Å². The highest BCUT2D eigenvalue weighted by molar-refractivity contribution is 6.11. The summed E-state index contributed by atoms with van der Waals surface area (Å²) in [6.45, 7) is 10.8. The lowest BCUT2D eigenvalue weighted by Crippen LogP contribution is -2.55. The Bertz CT molecular complexity index is 1070. The van der Waals surface area contributed by atoms with E-state index in [9.17, 15) is 19.5 Å². The van der Waals surface area contributed by atoms with Crippen molar-refractivity contribution in [3.05, 3.63) is 58.1 Å². The van der Waals surface area contributed by atoms with Crippen LogP contribution >= 0.6 is 0 Å². The number of hydrazine groups is 1. The van der Waals surface area contributed by atoms with Gasteiger partial charge in [-0.3, -0.25) is 9.59 Å². The van der Waals surface area contributed by atoms with Gasteiger partial charge in [0.2, 0.25) is 6.10 Å². The molecule has 2 N–H and O–H groups in total. The van der Waals surface area contributed by atoms with E-state index in [1.807, 2.05) is 40.7 Å². The van der Waals surface area contributed by atoms with Crippen LogP contribution in [0.5, 0.6) is 11.5 Å². The molecule has 1 aliphatic rings. The van der Waals surface area contributed by atoms with E-state index in [2.05, 4.69) is 5.43 Å². The third kappa shape index (κ3) is 4.91. The second kappa shape index (κ2) is 8.63. The SMILES string of the molecule is Cc1cc(C)cc(C(=O)N(NC(C)(C)C)C(=O)c2ccc3c(c2C)OC(C(=O)O)CO3)c1. The summed E-state index contributed by atoms with van der Waals surface area (Å²) in [6.07, 6.45) is -1.17. The summed E-state index contributed by atoms with van der Waals surface area (Å²) in [5.74, 6) is -1.69. The lowest BCUT2D eigenvalue weighted by atomic mass is 10.0. The van der Waals surface area contributed by atoms with Crippen molar-refractivity contribution in [3.8, 4) is 11.5 Å². The zero-order chi connectivity index (χ0) is 23.8. The number of rotatable bonds is 4. The molecule has 1 atom stereocenters. The minimum absolute atomic E-state index is 0.127. The van der Waals surface area contributed by atoms with Gasteiger partial charge in [-0.1, -0.05) is 17.2 Å². The molecule has 0 saturated carbocycles. The summed E-state index contributed by atoms with van der Waals surface area (Å²) in [6, 6.07) is 8.50. The van der Waals surface area contributed by atoms with Crippen LogP contribution in [-0.4, -0.2) is 46.1 Å². The summed E-state index contributed by atoms with van der Waals surface area (Å²) < 4.78 is 11.1. The van der Waals surface area contributed by atoms with Crippen molar-refractivity contribution in [2.45, 2.75) is 53.2 Å². The average Bonchev–Trinajstić information content (AvgIpc) is 2.69. The number of fused-ring (bicyclic) bond motifs is 1. The lowest BCUT2D eigenvalue weighted by Gasteiger charge is -2.31. The molecule has 2 amide bonds. The van der Waals surface area contributed by atoms with Crippen molar-refractivity contribution in [1.82, 2.24) is 10.4 Å². The molecule has 0 spiro atoms. The average molecular weight is 440 g/mol. The van der Waals surface area contributed by atoms with E-state index < -0.39 is 29.4 Å². The number of ether oxygens (including phenoxy) is 2. The summed E-state index contributed by atoms with van der Waals surface area (Å²) in [7, 11) is 0. The highest BCUT2D eigenvalue weighted by atomic mass is 16.6. The van der Waals surface area contributed by atoms with Gasteiger partial charge < -0.3 is 14.6 Å². The monoisotopic (exact) mass is 440 g/mol. The summed E-state index contributed by atoms with van der Waals surface area (Å²) >= 11 is 0. The first-order valence-corrected chi connectivity index (χ1v) is 10.3. The molecule has 1 heterocycles. The minimum atomic E-state index is -1.17. The molecule has 0 aliphatic carbocycles. The largest absolute Gasteiger partial charge is 0.485 e. The summed E-state index contributed by atoms with van der Waals surface area (Å²) in [4.78, 5) is 38.3. The highest BCUT2D eigenvalue weighted by Crippen LogP contribution is 2.37. The predicted octanol–water partition coefficient (Wildman–Crippen LogP) is 3.42. The number of aliphatic carboxylic acids is 1. The molecule has 1 aliphatic heterocycles. The van der Waals surface area contributed by atoms with Gasteiger partial charge in [0, 0.05) is 22.2 Å². The number of benzene rings is 2. The second-order valence-corrected chi connectivity index (χ2v) is 9.01. The van der Waals surface area contributed by atoms with Crippen LogP contribution in [0.4, 0.5) is 0 Å². The molecule has 3 rings (SSSR count). The van der Waals surface area contributed by atoms with Crippen LogP contribution in [0, 0.1) is 20.8 Å². The Morgan fingerprint density at radius 2 is 1.66 bits per heavy atom. The van der Waals surface area contributed by atoms with Crippen LogP contribution in [0.2, 0.25) is 0 Å². The van der Waals surface area contributed by atoms with Crippen molar-refractivity contribution < 1.29 is 29.0 Å². The van der Waals surface area contributed by atoms with E-state index in [1.165, 1.54) is 0 Å². The first-order valence-electron chi connectivity index (χ1n) is 10.3. The molecule has 170 valence electrons. The molecule has 0 fully saturated rings. The Balaban J connectivity index is 2.03. The molecule has 0 radical (unpaired) electrons. The zero-order valence-electron chi connectivity index (χ0n) is 19.1. The molecule has 1 unspecified atom stereocenters. The van der Waals surface area contributed by atoms with Crippen LogP contribution in [0.1, 0.15) is 58.2 Å². The highest BCUT2D eigenvalue weighted by Gasteiger charge is 2.33. The van der Waals surface area contributed by atoms with E-state index in [-0.39, 0.29) is 17.9 Å². The minimum Gasteiger partial charge on any atom is -0.485 e. The van der Waals surface area contributed by atoms with Gasteiger partial charge in [-0.2, -0.15) is 0 Å². The van der Waals surface area contributed by atoms with Crippen molar-refractivity contribution in [1.29, 1.82) is 0 Å². The molecule has 0 saturated heterocycles. The van der Waals surface area contributed by atoms with E-state index in [1.54, 1.807) is 31.2 Å². The first kappa shape index (κ1) is 23.3. The number of aryl methyl sites for hydroxylation is 2. The van der Waals surface area contributed by atoms with E-state index in [0.29, 0.717) is 16.9 Å². The topological polar surface area (TPSA) is 105 Å². The fourth-order valence-electron chi connectivity index (χ4n) is 3.50. The maximum absolute atomic E-state index is 13.6. The third-order valence-electron chi connectivity index (χ3n) is 4.85. The molecule has 8 nitrogen and oxygen atoms in total. The van der Waals surface area contributed by atoms with Crippen LogP contribution in [-0.2, 0) is 4.79 Å². The van der Waals surface area contributed by atoms with Crippen molar-refractivity contribution >= 4 is 17.8 Å². The molecular formula is C24H28N2O6. The van der Waals surface area contributed by atoms with Gasteiger partial charge in [0.05, 0.1) is 0 Å². The van der Waals surface area contributed by atoms with Crippen LogP contribution < -0.4 is 14.9 Å². The van der Waals surface area contributed by atoms with Crippen molar-refractivity contribution in [2.24, 2.45) is 0 Å². The lowest BCUT2D eigenvalue weighted by molar-refractivity contribution is -0.147. The van der Waals surface area contributed by atoms with Crippen LogP contribution in [0.3, 0.4) is 0 Å². The quantitative estimate of drug-likeness (QED) is 0.554. The summed E-state index contributed by atoms with van der Waals surface area (Å²) in [5.41, 5.74) is 5.21. The molecule has 0 bridgehead atoms. The Morgan fingerprint density at radius 3 is 2.22 bits per heavy atom. The fraction of sp³-hybridized carbons (Fsp3) is 0.375. The molecule has 0 aromatic heterocycles. The number of hydrogen-bond donors (Lipinski definition) is 2. The maximum atomic E-state index is 13.6. The van der Waals surface area contributed by atoms with E-state index in [0.717, 1.165) is 16.1 Å². The molecule has 8 heteroatoms. The number of carboxylic acid groups (broad SMARTS) is 1. The number of nitrogens with zero attached hydrogens (tertiary/aromatic N) is 1. The van der Waals surface area contributed by atoms with Gasteiger partial charge in [0.1, 0.15) is 6.61 Å². The normalized spacial score (nSPS) is 15.2. The number of nitrogens with one attached hydrogen (secondary N) is 1. The smallest absolute Gasteiger partial charge is 0.348 e. The van der Waals surface area contributed by atoms with E-state index in [4.69, 9.17) is 9.47 Å². The number of carboxylic acids is 1. The van der Waals surface area contributed by atoms with Crippen molar-refractivity contribution in [2.75, 3.05) is 6.61 Å². The van der Waals surface area contributed by atoms with Gasteiger partial charge in [-0.05, 0) is 65.8 Å². The third-order valence-corrected chi connectivity index (χ3v) is 4.85. The fourth-order valence-corrected chi connectivity index (χ4v) is 3.50. The Morgan fingerprint density at radius 1 is 1.03 bits per heavy atom. The molecule has 2 aromatic rings. The Labute approximate surface area is 187 Å². The standard InChI is InChI=1S/C24H28N2O6/c1-13-9-14(2)11-16(10-13)21(27)26(25-24(4,5)6)22(28)17-7-8-18-20(15(17)3)32-19(12-31-18)23(29)30/h7-11,19,25H,12H2,1-6H3,(H,29,30). The number of carbonyl (C=O) groups is 3. The zero-order valence-corrected chi connectivity index (χ0v) is 19.1. The van der Waals surface area contributed by atoms with Gasteiger partial charge in [-0.25, -0.2) is 15.2 Å².